The van der Waals surface area contributed by atoms with Crippen molar-refractivity contribution in [2.75, 3.05) is 11.9 Å². The highest BCUT2D eigenvalue weighted by molar-refractivity contribution is 6.30. The zero-order chi connectivity index (χ0) is 22.2. The van der Waals surface area contributed by atoms with Gasteiger partial charge in [0, 0.05) is 30.7 Å². The number of amides is 2. The molecule has 0 aliphatic rings. The normalized spacial score (nSPS) is 10.4. The van der Waals surface area contributed by atoms with Gasteiger partial charge in [-0.1, -0.05) is 48.0 Å². The van der Waals surface area contributed by atoms with Crippen LogP contribution in [0.25, 0.3) is 0 Å². The van der Waals surface area contributed by atoms with Crippen molar-refractivity contribution in [1.82, 2.24) is 4.90 Å². The van der Waals surface area contributed by atoms with Crippen molar-refractivity contribution in [3.8, 4) is 5.75 Å². The summed E-state index contributed by atoms with van der Waals surface area (Å²) in [6.07, 6.45) is 0. The maximum Gasteiger partial charge on any atom is 0.259 e. The molecule has 0 bridgehead atoms. The number of anilines is 1. The smallest absolute Gasteiger partial charge is 0.259 e. The molecule has 0 aromatic heterocycles. The Bertz CT molecular complexity index is 1050. The number of carbonyl (C=O) groups is 2. The van der Waals surface area contributed by atoms with Gasteiger partial charge in [-0.3, -0.25) is 9.59 Å². The molecule has 31 heavy (non-hydrogen) atoms. The van der Waals surface area contributed by atoms with Gasteiger partial charge in [-0.25, -0.2) is 0 Å². The van der Waals surface area contributed by atoms with Crippen molar-refractivity contribution in [1.29, 1.82) is 0 Å². The molecule has 160 valence electrons. The third-order valence-corrected chi connectivity index (χ3v) is 5.08. The van der Waals surface area contributed by atoms with Gasteiger partial charge in [0.2, 0.25) is 5.91 Å². The Morgan fingerprint density at radius 1 is 0.968 bits per heavy atom. The number of carbonyl (C=O) groups excluding carboxylic acids is 2. The van der Waals surface area contributed by atoms with Crippen LogP contribution in [0.15, 0.2) is 72.8 Å². The predicted molar refractivity (Wildman–Crippen MR) is 123 cm³/mol. The second kappa shape index (κ2) is 10.6. The zero-order valence-corrected chi connectivity index (χ0v) is 18.4. The number of hydrogen-bond acceptors (Lipinski definition) is 3. The van der Waals surface area contributed by atoms with E-state index in [1.54, 1.807) is 42.2 Å². The summed E-state index contributed by atoms with van der Waals surface area (Å²) in [4.78, 5) is 26.3. The number of ether oxygens (including phenoxy) is 1. The molecule has 0 saturated heterocycles. The van der Waals surface area contributed by atoms with Gasteiger partial charge < -0.3 is 15.0 Å². The Morgan fingerprint density at radius 2 is 1.71 bits per heavy atom. The van der Waals surface area contributed by atoms with Gasteiger partial charge in [0.15, 0.2) is 0 Å². The van der Waals surface area contributed by atoms with Gasteiger partial charge in [0.05, 0.1) is 5.56 Å². The molecule has 0 spiro atoms. The number of rotatable bonds is 8. The molecule has 3 aromatic carbocycles. The van der Waals surface area contributed by atoms with E-state index < -0.39 is 0 Å². The van der Waals surface area contributed by atoms with Crippen LogP contribution < -0.4 is 10.1 Å². The van der Waals surface area contributed by atoms with Crippen molar-refractivity contribution in [2.45, 2.75) is 27.0 Å². The first-order valence-electron chi connectivity index (χ1n) is 10.1. The monoisotopic (exact) mass is 436 g/mol. The van der Waals surface area contributed by atoms with E-state index in [0.29, 0.717) is 41.7 Å². The van der Waals surface area contributed by atoms with E-state index in [1.807, 2.05) is 49.4 Å². The van der Waals surface area contributed by atoms with Gasteiger partial charge in [0.25, 0.3) is 5.91 Å². The summed E-state index contributed by atoms with van der Waals surface area (Å²) in [7, 11) is 0. The van der Waals surface area contributed by atoms with Crippen LogP contribution in [0.4, 0.5) is 5.69 Å². The van der Waals surface area contributed by atoms with Gasteiger partial charge >= 0.3 is 0 Å². The lowest BCUT2D eigenvalue weighted by molar-refractivity contribution is -0.129. The molecule has 3 aromatic rings. The van der Waals surface area contributed by atoms with E-state index in [0.717, 1.165) is 11.1 Å². The second-order valence-corrected chi connectivity index (χ2v) is 7.54. The average Bonchev–Trinajstić information content (AvgIpc) is 2.77. The molecule has 2 amide bonds. The quantitative estimate of drug-likeness (QED) is 0.504. The lowest BCUT2D eigenvalue weighted by Gasteiger charge is -2.19. The van der Waals surface area contributed by atoms with E-state index in [-0.39, 0.29) is 11.8 Å². The van der Waals surface area contributed by atoms with Crippen molar-refractivity contribution in [3.63, 3.8) is 0 Å². The maximum atomic E-state index is 12.9. The molecule has 0 unspecified atom stereocenters. The number of para-hydroxylation sites is 1. The maximum absolute atomic E-state index is 12.9. The third-order valence-electron chi connectivity index (χ3n) is 4.82. The highest BCUT2D eigenvalue weighted by atomic mass is 35.5. The molecule has 0 aliphatic heterocycles. The Labute approximate surface area is 187 Å². The molecule has 5 nitrogen and oxygen atoms in total. The molecule has 0 aliphatic carbocycles. The zero-order valence-electron chi connectivity index (χ0n) is 17.6. The average molecular weight is 437 g/mol. The van der Waals surface area contributed by atoms with Crippen LogP contribution in [0, 0.1) is 0 Å². The highest BCUT2D eigenvalue weighted by Crippen LogP contribution is 2.22. The summed E-state index contributed by atoms with van der Waals surface area (Å²) in [6.45, 7) is 4.94. The molecule has 6 heteroatoms. The standard InChI is InChI=1S/C25H25ClN2O3/c1-3-28(18(2)29)16-20-7-6-8-22(15-20)27-25(30)23-9-4-5-10-24(23)31-17-19-11-13-21(26)14-12-19/h4-15H,3,16-17H2,1-2H3,(H,27,30). The summed E-state index contributed by atoms with van der Waals surface area (Å²) in [5.74, 6) is 0.256. The lowest BCUT2D eigenvalue weighted by atomic mass is 10.1. The van der Waals surface area contributed by atoms with Crippen LogP contribution in [0.3, 0.4) is 0 Å². The first-order valence-corrected chi connectivity index (χ1v) is 10.5. The molecule has 0 fully saturated rings. The van der Waals surface area contributed by atoms with E-state index >= 15 is 0 Å². The van der Waals surface area contributed by atoms with Crippen molar-refractivity contribution < 1.29 is 14.3 Å². The fraction of sp³-hybridized carbons (Fsp3) is 0.200. The number of nitrogens with zero attached hydrogens (tertiary/aromatic N) is 1. The van der Waals surface area contributed by atoms with E-state index in [1.165, 1.54) is 0 Å². The Balaban J connectivity index is 1.70. The Hall–Kier alpha value is -3.31. The summed E-state index contributed by atoms with van der Waals surface area (Å²) in [6, 6.07) is 22.0. The number of benzene rings is 3. The van der Waals surface area contributed by atoms with Crippen LogP contribution in [-0.2, 0) is 17.9 Å². The number of hydrogen-bond donors (Lipinski definition) is 1. The van der Waals surface area contributed by atoms with Crippen molar-refractivity contribution >= 4 is 29.1 Å². The van der Waals surface area contributed by atoms with Gasteiger partial charge in [-0.05, 0) is 54.4 Å². The Morgan fingerprint density at radius 3 is 2.42 bits per heavy atom. The molecular formula is C25H25ClN2O3. The SMILES string of the molecule is CCN(Cc1cccc(NC(=O)c2ccccc2OCc2ccc(Cl)cc2)c1)C(C)=O. The summed E-state index contributed by atoms with van der Waals surface area (Å²) >= 11 is 5.92. The largest absolute Gasteiger partial charge is 0.488 e. The van der Waals surface area contributed by atoms with Crippen LogP contribution in [0.2, 0.25) is 5.02 Å². The molecule has 0 heterocycles. The molecule has 3 rings (SSSR count). The second-order valence-electron chi connectivity index (χ2n) is 7.10. The summed E-state index contributed by atoms with van der Waals surface area (Å²) in [5.41, 5.74) is 3.01. The van der Waals surface area contributed by atoms with Crippen molar-refractivity contribution in [3.05, 3.63) is 94.5 Å². The minimum absolute atomic E-state index is 0.0173. The molecule has 1 N–H and O–H groups in total. The van der Waals surface area contributed by atoms with Gasteiger partial charge in [0.1, 0.15) is 12.4 Å². The lowest BCUT2D eigenvalue weighted by Crippen LogP contribution is -2.27. The minimum Gasteiger partial charge on any atom is -0.488 e. The van der Waals surface area contributed by atoms with Gasteiger partial charge in [-0.2, -0.15) is 0 Å². The molecule has 0 radical (unpaired) electrons. The summed E-state index contributed by atoms with van der Waals surface area (Å²) < 4.78 is 5.89. The van der Waals surface area contributed by atoms with E-state index in [4.69, 9.17) is 16.3 Å². The molecular weight excluding hydrogens is 412 g/mol. The van der Waals surface area contributed by atoms with Crippen molar-refractivity contribution in [2.24, 2.45) is 0 Å². The fourth-order valence-corrected chi connectivity index (χ4v) is 3.26. The predicted octanol–water partition coefficient (Wildman–Crippen LogP) is 5.54. The number of nitrogens with one attached hydrogen (secondary N) is 1. The van der Waals surface area contributed by atoms with E-state index in [9.17, 15) is 9.59 Å². The van der Waals surface area contributed by atoms with Crippen LogP contribution in [0.5, 0.6) is 5.75 Å². The van der Waals surface area contributed by atoms with Crippen LogP contribution >= 0.6 is 11.6 Å². The highest BCUT2D eigenvalue weighted by Gasteiger charge is 2.13. The van der Waals surface area contributed by atoms with Crippen LogP contribution in [-0.4, -0.2) is 23.3 Å². The first kappa shape index (κ1) is 22.4. The molecule has 0 saturated carbocycles. The fourth-order valence-electron chi connectivity index (χ4n) is 3.13. The Kier molecular flexibility index (Phi) is 7.68. The van der Waals surface area contributed by atoms with E-state index in [2.05, 4.69) is 5.32 Å². The van der Waals surface area contributed by atoms with Crippen LogP contribution in [0.1, 0.15) is 35.3 Å². The number of halogens is 1. The summed E-state index contributed by atoms with van der Waals surface area (Å²) in [5, 5.41) is 3.59. The first-order chi connectivity index (χ1) is 15.0. The minimum atomic E-state index is -0.261. The topological polar surface area (TPSA) is 58.6 Å². The molecule has 0 atom stereocenters. The van der Waals surface area contributed by atoms with Gasteiger partial charge in [-0.15, -0.1) is 0 Å². The third kappa shape index (κ3) is 6.33.